The smallest absolute Gasteiger partial charge is 0.272 e. The summed E-state index contributed by atoms with van der Waals surface area (Å²) in [5, 5.41) is 2.91. The molecular formula is C13H17ClN2O4S. The van der Waals surface area contributed by atoms with Crippen molar-refractivity contribution in [3.05, 3.63) is 22.8 Å². The Bertz CT molecular complexity index is 662. The van der Waals surface area contributed by atoms with Gasteiger partial charge < -0.3 is 10.1 Å². The third-order valence-electron chi connectivity index (χ3n) is 3.25. The van der Waals surface area contributed by atoms with E-state index in [4.69, 9.17) is 16.3 Å². The van der Waals surface area contributed by atoms with Crippen molar-refractivity contribution >= 4 is 27.3 Å². The van der Waals surface area contributed by atoms with Crippen LogP contribution in [0.25, 0.3) is 0 Å². The molecule has 21 heavy (non-hydrogen) atoms. The zero-order valence-corrected chi connectivity index (χ0v) is 13.4. The standard InChI is InChI=1S/C13H17ClN2O4S/c1-3-20-10-5-4-9(14)11(15-10)12(17)16-13(2)6-7-21(18,19)8-13/h4-5H,3,6-8H2,1-2H3,(H,16,17). The van der Waals surface area contributed by atoms with Gasteiger partial charge in [0, 0.05) is 6.07 Å². The molecule has 8 heteroatoms. The number of nitrogens with one attached hydrogen (secondary N) is 1. The predicted molar refractivity (Wildman–Crippen MR) is 79.6 cm³/mol. The quantitative estimate of drug-likeness (QED) is 0.901. The lowest BCUT2D eigenvalue weighted by Crippen LogP contribution is -2.47. The van der Waals surface area contributed by atoms with E-state index in [1.807, 2.05) is 0 Å². The van der Waals surface area contributed by atoms with Crippen molar-refractivity contribution in [3.8, 4) is 5.88 Å². The van der Waals surface area contributed by atoms with Crippen LogP contribution in [0, 0.1) is 0 Å². The molecule has 0 saturated carbocycles. The Labute approximate surface area is 128 Å². The summed E-state index contributed by atoms with van der Waals surface area (Å²) in [6.07, 6.45) is 0.379. The van der Waals surface area contributed by atoms with Crippen LogP contribution in [-0.4, -0.2) is 43.0 Å². The van der Waals surface area contributed by atoms with Crippen LogP contribution in [0.3, 0.4) is 0 Å². The summed E-state index contributed by atoms with van der Waals surface area (Å²) < 4.78 is 28.3. The van der Waals surface area contributed by atoms with E-state index >= 15 is 0 Å². The number of hydrogen-bond acceptors (Lipinski definition) is 5. The van der Waals surface area contributed by atoms with Crippen molar-refractivity contribution in [2.75, 3.05) is 18.1 Å². The van der Waals surface area contributed by atoms with Gasteiger partial charge >= 0.3 is 0 Å². The van der Waals surface area contributed by atoms with Crippen molar-refractivity contribution in [3.63, 3.8) is 0 Å². The Morgan fingerprint density at radius 2 is 2.24 bits per heavy atom. The van der Waals surface area contributed by atoms with Crippen molar-refractivity contribution in [2.24, 2.45) is 0 Å². The third-order valence-corrected chi connectivity index (χ3v) is 5.45. The lowest BCUT2D eigenvalue weighted by atomic mass is 10.0. The monoisotopic (exact) mass is 332 g/mol. The van der Waals surface area contributed by atoms with Crippen LogP contribution in [0.15, 0.2) is 12.1 Å². The van der Waals surface area contributed by atoms with E-state index in [-0.39, 0.29) is 22.2 Å². The molecule has 1 fully saturated rings. The molecule has 2 heterocycles. The van der Waals surface area contributed by atoms with Gasteiger partial charge in [0.05, 0.1) is 28.7 Å². The number of sulfone groups is 1. The molecule has 1 saturated heterocycles. The van der Waals surface area contributed by atoms with Crippen LogP contribution in [-0.2, 0) is 9.84 Å². The molecule has 1 amide bonds. The maximum atomic E-state index is 12.3. The summed E-state index contributed by atoms with van der Waals surface area (Å²) in [6.45, 7) is 3.93. The summed E-state index contributed by atoms with van der Waals surface area (Å²) in [5.74, 6) is -0.198. The summed E-state index contributed by atoms with van der Waals surface area (Å²) in [5.41, 5.74) is -0.754. The molecule has 6 nitrogen and oxygen atoms in total. The first kappa shape index (κ1) is 16.0. The summed E-state index contributed by atoms with van der Waals surface area (Å²) in [4.78, 5) is 16.3. The number of amides is 1. The van der Waals surface area contributed by atoms with E-state index in [9.17, 15) is 13.2 Å². The minimum Gasteiger partial charge on any atom is -0.478 e. The Kier molecular flexibility index (Phi) is 4.43. The van der Waals surface area contributed by atoms with Crippen LogP contribution < -0.4 is 10.1 Å². The van der Waals surface area contributed by atoms with Gasteiger partial charge in [-0.15, -0.1) is 0 Å². The predicted octanol–water partition coefficient (Wildman–Crippen LogP) is 1.44. The van der Waals surface area contributed by atoms with Gasteiger partial charge in [0.25, 0.3) is 5.91 Å². The molecule has 116 valence electrons. The number of halogens is 1. The van der Waals surface area contributed by atoms with Crippen LogP contribution in [0.4, 0.5) is 0 Å². The topological polar surface area (TPSA) is 85.4 Å². The number of aromatic nitrogens is 1. The number of hydrogen-bond donors (Lipinski definition) is 1. The van der Waals surface area contributed by atoms with Crippen LogP contribution in [0.5, 0.6) is 5.88 Å². The first-order chi connectivity index (χ1) is 9.75. The van der Waals surface area contributed by atoms with Gasteiger partial charge in [-0.1, -0.05) is 11.6 Å². The van der Waals surface area contributed by atoms with Crippen LogP contribution in [0.1, 0.15) is 30.8 Å². The normalized spacial score (nSPS) is 23.8. The van der Waals surface area contributed by atoms with E-state index in [2.05, 4.69) is 10.3 Å². The van der Waals surface area contributed by atoms with Crippen molar-refractivity contribution < 1.29 is 17.9 Å². The number of rotatable bonds is 4. The minimum atomic E-state index is -3.10. The summed E-state index contributed by atoms with van der Waals surface area (Å²) >= 11 is 5.98. The van der Waals surface area contributed by atoms with E-state index < -0.39 is 21.3 Å². The molecule has 1 aromatic rings. The van der Waals surface area contributed by atoms with Gasteiger partial charge in [-0.25, -0.2) is 13.4 Å². The van der Waals surface area contributed by atoms with Crippen LogP contribution >= 0.6 is 11.6 Å². The first-order valence-electron chi connectivity index (χ1n) is 6.57. The van der Waals surface area contributed by atoms with Gasteiger partial charge in [0.1, 0.15) is 0 Å². The Hall–Kier alpha value is -1.34. The molecule has 0 aliphatic carbocycles. The molecule has 0 radical (unpaired) electrons. The molecule has 1 aliphatic heterocycles. The highest BCUT2D eigenvalue weighted by atomic mass is 35.5. The Morgan fingerprint density at radius 3 is 2.81 bits per heavy atom. The fraction of sp³-hybridized carbons (Fsp3) is 0.538. The zero-order chi connectivity index (χ0) is 15.7. The Balaban J connectivity index is 2.19. The average molecular weight is 333 g/mol. The van der Waals surface area contributed by atoms with Gasteiger partial charge in [-0.3, -0.25) is 4.79 Å². The molecular weight excluding hydrogens is 316 g/mol. The molecule has 0 aromatic carbocycles. The lowest BCUT2D eigenvalue weighted by molar-refractivity contribution is 0.0909. The van der Waals surface area contributed by atoms with Gasteiger partial charge in [-0.05, 0) is 26.3 Å². The SMILES string of the molecule is CCOc1ccc(Cl)c(C(=O)NC2(C)CCS(=O)(=O)C2)n1. The average Bonchev–Trinajstić information content (AvgIpc) is 2.65. The fourth-order valence-electron chi connectivity index (χ4n) is 2.25. The first-order valence-corrected chi connectivity index (χ1v) is 8.77. The summed E-state index contributed by atoms with van der Waals surface area (Å²) in [6, 6.07) is 3.10. The van der Waals surface area contributed by atoms with E-state index in [0.717, 1.165) is 0 Å². The van der Waals surface area contributed by atoms with Crippen molar-refractivity contribution in [1.29, 1.82) is 0 Å². The second-order valence-corrected chi connectivity index (χ2v) is 7.86. The van der Waals surface area contributed by atoms with Gasteiger partial charge in [0.2, 0.25) is 5.88 Å². The second kappa shape index (κ2) is 5.81. The molecule has 2 rings (SSSR count). The largest absolute Gasteiger partial charge is 0.478 e. The highest BCUT2D eigenvalue weighted by molar-refractivity contribution is 7.91. The van der Waals surface area contributed by atoms with E-state index in [1.165, 1.54) is 6.07 Å². The lowest BCUT2D eigenvalue weighted by Gasteiger charge is -2.23. The molecule has 1 aromatic heterocycles. The maximum Gasteiger partial charge on any atom is 0.272 e. The molecule has 1 aliphatic rings. The van der Waals surface area contributed by atoms with Crippen LogP contribution in [0.2, 0.25) is 5.02 Å². The minimum absolute atomic E-state index is 0.0353. The van der Waals surface area contributed by atoms with Gasteiger partial charge in [-0.2, -0.15) is 0 Å². The molecule has 0 spiro atoms. The number of carbonyl (C=O) groups excluding carboxylic acids is 1. The fourth-order valence-corrected chi connectivity index (χ4v) is 4.54. The Morgan fingerprint density at radius 1 is 1.52 bits per heavy atom. The zero-order valence-electron chi connectivity index (χ0n) is 11.8. The van der Waals surface area contributed by atoms with E-state index in [0.29, 0.717) is 18.9 Å². The number of carbonyl (C=O) groups is 1. The highest BCUT2D eigenvalue weighted by Crippen LogP contribution is 2.24. The molecule has 1 unspecified atom stereocenters. The maximum absolute atomic E-state index is 12.3. The molecule has 1 N–H and O–H groups in total. The number of pyridine rings is 1. The van der Waals surface area contributed by atoms with Crippen molar-refractivity contribution in [1.82, 2.24) is 10.3 Å². The molecule has 1 atom stereocenters. The highest BCUT2D eigenvalue weighted by Gasteiger charge is 2.40. The van der Waals surface area contributed by atoms with Gasteiger partial charge in [0.15, 0.2) is 15.5 Å². The van der Waals surface area contributed by atoms with Crippen molar-refractivity contribution in [2.45, 2.75) is 25.8 Å². The van der Waals surface area contributed by atoms with E-state index in [1.54, 1.807) is 19.9 Å². The molecule has 0 bridgehead atoms. The third kappa shape index (κ3) is 3.85. The second-order valence-electron chi connectivity index (χ2n) is 5.27. The number of nitrogens with zero attached hydrogens (tertiary/aromatic N) is 1. The number of ether oxygens (including phenoxy) is 1. The summed E-state index contributed by atoms with van der Waals surface area (Å²) in [7, 11) is -3.10.